The number of unbranched alkanes of at least 4 members (excludes halogenated alkanes) is 2. The number of hydrogen-bond donors (Lipinski definition) is 0. The van der Waals surface area contributed by atoms with Crippen molar-refractivity contribution in [1.82, 2.24) is 0 Å². The highest BCUT2D eigenvalue weighted by Gasteiger charge is 2.15. The summed E-state index contributed by atoms with van der Waals surface area (Å²) in [4.78, 5) is 14.0. The normalized spacial score (nSPS) is 21.0. The summed E-state index contributed by atoms with van der Waals surface area (Å²) >= 11 is 0. The molecule has 1 heterocycles. The van der Waals surface area contributed by atoms with Gasteiger partial charge in [-0.25, -0.2) is 0 Å². The van der Waals surface area contributed by atoms with Gasteiger partial charge in [0, 0.05) is 11.0 Å². The average Bonchev–Trinajstić information content (AvgIpc) is 2.63. The average molecular weight is 237 g/mol. The van der Waals surface area contributed by atoms with Crippen molar-refractivity contribution in [3.8, 4) is 0 Å². The van der Waals surface area contributed by atoms with Crippen LogP contribution in [-0.2, 0) is 4.84 Å². The molecule has 82 valence electrons. The zero-order valence-electron chi connectivity index (χ0n) is 8.02. The van der Waals surface area contributed by atoms with Crippen LogP contribution >= 0.6 is 21.6 Å². The minimum atomic E-state index is -0.719. The predicted octanol–water partition coefficient (Wildman–Crippen LogP) is 2.91. The third-order valence-corrected chi connectivity index (χ3v) is 5.10. The van der Waals surface area contributed by atoms with Gasteiger partial charge < -0.3 is 4.84 Å². The molecular formula is C8H15NO3S2. The lowest BCUT2D eigenvalue weighted by atomic mass is 10.1. The highest BCUT2D eigenvalue weighted by Crippen LogP contribution is 2.39. The van der Waals surface area contributed by atoms with Crippen molar-refractivity contribution < 1.29 is 9.92 Å². The second kappa shape index (κ2) is 7.23. The summed E-state index contributed by atoms with van der Waals surface area (Å²) in [5, 5.41) is 9.92. The molecule has 0 N–H and O–H groups in total. The Labute approximate surface area is 91.7 Å². The van der Waals surface area contributed by atoms with Crippen LogP contribution in [0.5, 0.6) is 0 Å². The lowest BCUT2D eigenvalue weighted by Crippen LogP contribution is -2.02. The molecule has 1 atom stereocenters. The van der Waals surface area contributed by atoms with Crippen molar-refractivity contribution in [2.75, 3.05) is 12.4 Å². The standard InChI is InChI=1S/C8H15NO3S2/c10-9(11)12-6-3-1-2-4-8-5-7-13-14-8/h8H,1-7H2. The maximum atomic E-state index is 9.82. The second-order valence-electron chi connectivity index (χ2n) is 3.24. The van der Waals surface area contributed by atoms with Crippen LogP contribution in [0.3, 0.4) is 0 Å². The monoisotopic (exact) mass is 237 g/mol. The molecule has 0 spiro atoms. The number of rotatable bonds is 7. The van der Waals surface area contributed by atoms with Gasteiger partial charge >= 0.3 is 0 Å². The van der Waals surface area contributed by atoms with E-state index in [9.17, 15) is 10.1 Å². The van der Waals surface area contributed by atoms with Crippen molar-refractivity contribution in [2.45, 2.75) is 37.4 Å². The van der Waals surface area contributed by atoms with Crippen LogP contribution in [0.15, 0.2) is 0 Å². The molecule has 1 unspecified atom stereocenters. The molecule has 1 aliphatic rings. The SMILES string of the molecule is O=[N+]([O-])OCCCCCC1CCSS1. The molecule has 0 bridgehead atoms. The molecule has 0 aromatic carbocycles. The van der Waals surface area contributed by atoms with Crippen LogP contribution in [0.25, 0.3) is 0 Å². The van der Waals surface area contributed by atoms with Gasteiger partial charge in [-0.15, -0.1) is 10.1 Å². The fourth-order valence-electron chi connectivity index (χ4n) is 1.35. The fraction of sp³-hybridized carbons (Fsp3) is 1.00. The van der Waals surface area contributed by atoms with Gasteiger partial charge in [-0.3, -0.25) is 0 Å². The van der Waals surface area contributed by atoms with Gasteiger partial charge in [0.1, 0.15) is 0 Å². The Morgan fingerprint density at radius 3 is 2.93 bits per heavy atom. The third-order valence-electron chi connectivity index (χ3n) is 2.09. The van der Waals surface area contributed by atoms with Crippen molar-refractivity contribution in [1.29, 1.82) is 0 Å². The van der Waals surface area contributed by atoms with Crippen LogP contribution in [-0.4, -0.2) is 22.7 Å². The second-order valence-corrected chi connectivity index (χ2v) is 6.02. The van der Waals surface area contributed by atoms with E-state index in [1.165, 1.54) is 25.0 Å². The highest BCUT2D eigenvalue weighted by molar-refractivity contribution is 8.77. The molecule has 0 aromatic heterocycles. The van der Waals surface area contributed by atoms with Crippen LogP contribution in [0.1, 0.15) is 32.1 Å². The van der Waals surface area contributed by atoms with Gasteiger partial charge in [0.05, 0.1) is 6.61 Å². The summed E-state index contributed by atoms with van der Waals surface area (Å²) < 4.78 is 0. The molecule has 6 heteroatoms. The van der Waals surface area contributed by atoms with E-state index in [2.05, 4.69) is 4.84 Å². The van der Waals surface area contributed by atoms with E-state index in [0.717, 1.165) is 18.1 Å². The predicted molar refractivity (Wildman–Crippen MR) is 59.9 cm³/mol. The highest BCUT2D eigenvalue weighted by atomic mass is 33.1. The third kappa shape index (κ3) is 5.59. The summed E-state index contributed by atoms with van der Waals surface area (Å²) in [6.07, 6.45) is 5.57. The molecule has 0 aromatic rings. The maximum absolute atomic E-state index is 9.82. The Balaban J connectivity index is 1.82. The van der Waals surface area contributed by atoms with E-state index in [0.29, 0.717) is 0 Å². The molecule has 0 aliphatic carbocycles. The van der Waals surface area contributed by atoms with Crippen molar-refractivity contribution in [2.24, 2.45) is 0 Å². The number of nitrogens with zero attached hydrogens (tertiary/aromatic N) is 1. The molecular weight excluding hydrogens is 222 g/mol. The topological polar surface area (TPSA) is 52.4 Å². The minimum absolute atomic E-state index is 0.250. The lowest BCUT2D eigenvalue weighted by molar-refractivity contribution is -0.757. The van der Waals surface area contributed by atoms with E-state index < -0.39 is 5.09 Å². The van der Waals surface area contributed by atoms with E-state index in [-0.39, 0.29) is 6.61 Å². The van der Waals surface area contributed by atoms with E-state index in [1.807, 2.05) is 21.6 Å². The van der Waals surface area contributed by atoms with Crippen LogP contribution in [0.2, 0.25) is 0 Å². The van der Waals surface area contributed by atoms with Gasteiger partial charge in [0.15, 0.2) is 0 Å². The molecule has 0 radical (unpaired) electrons. The first kappa shape index (κ1) is 12.0. The quantitative estimate of drug-likeness (QED) is 0.295. The molecule has 0 saturated carbocycles. The van der Waals surface area contributed by atoms with Gasteiger partial charge in [0.25, 0.3) is 5.09 Å². The molecule has 1 aliphatic heterocycles. The van der Waals surface area contributed by atoms with Crippen molar-refractivity contribution in [3.63, 3.8) is 0 Å². The van der Waals surface area contributed by atoms with Crippen LogP contribution in [0, 0.1) is 10.1 Å². The summed E-state index contributed by atoms with van der Waals surface area (Å²) in [5.74, 6) is 1.28. The Bertz CT molecular complexity index is 174. The maximum Gasteiger partial charge on any atom is 0.294 e. The van der Waals surface area contributed by atoms with Gasteiger partial charge in [-0.1, -0.05) is 34.4 Å². The lowest BCUT2D eigenvalue weighted by Gasteiger charge is -2.05. The molecule has 1 rings (SSSR count). The first-order valence-electron chi connectivity index (χ1n) is 4.84. The first-order valence-corrected chi connectivity index (χ1v) is 7.23. The molecule has 4 nitrogen and oxygen atoms in total. The van der Waals surface area contributed by atoms with Crippen LogP contribution < -0.4 is 0 Å². The summed E-state index contributed by atoms with van der Waals surface area (Å²) in [6.45, 7) is 0.250. The van der Waals surface area contributed by atoms with Crippen molar-refractivity contribution >= 4 is 21.6 Å². The summed E-state index contributed by atoms with van der Waals surface area (Å²) in [5.41, 5.74) is 0. The van der Waals surface area contributed by atoms with Gasteiger partial charge in [0.2, 0.25) is 0 Å². The van der Waals surface area contributed by atoms with Gasteiger partial charge in [-0.05, 0) is 19.3 Å². The van der Waals surface area contributed by atoms with E-state index in [4.69, 9.17) is 0 Å². The minimum Gasteiger partial charge on any atom is -0.314 e. The van der Waals surface area contributed by atoms with Crippen molar-refractivity contribution in [3.05, 3.63) is 10.1 Å². The van der Waals surface area contributed by atoms with E-state index >= 15 is 0 Å². The molecule has 1 fully saturated rings. The number of hydrogen-bond acceptors (Lipinski definition) is 5. The Hall–Kier alpha value is -0.100. The largest absolute Gasteiger partial charge is 0.314 e. The molecule has 0 amide bonds. The summed E-state index contributed by atoms with van der Waals surface area (Å²) in [6, 6.07) is 0. The smallest absolute Gasteiger partial charge is 0.294 e. The first-order chi connectivity index (χ1) is 6.79. The van der Waals surface area contributed by atoms with Gasteiger partial charge in [-0.2, -0.15) is 0 Å². The zero-order chi connectivity index (χ0) is 10.2. The van der Waals surface area contributed by atoms with E-state index in [1.54, 1.807) is 0 Å². The van der Waals surface area contributed by atoms with Crippen LogP contribution in [0.4, 0.5) is 0 Å². The zero-order valence-corrected chi connectivity index (χ0v) is 9.65. The Morgan fingerprint density at radius 2 is 2.29 bits per heavy atom. The molecule has 1 saturated heterocycles. The Kier molecular flexibility index (Phi) is 6.18. The fourth-order valence-corrected chi connectivity index (χ4v) is 4.38. The molecule has 14 heavy (non-hydrogen) atoms. The summed E-state index contributed by atoms with van der Waals surface area (Å²) in [7, 11) is 3.95. The Morgan fingerprint density at radius 1 is 1.43 bits per heavy atom.